The van der Waals surface area contributed by atoms with Crippen LogP contribution in [0.4, 0.5) is 0 Å². The van der Waals surface area contributed by atoms with Gasteiger partial charge in [-0.3, -0.25) is 14.1 Å². The van der Waals surface area contributed by atoms with Gasteiger partial charge in [0.2, 0.25) is 0 Å². The molecule has 8 heteroatoms. The minimum absolute atomic E-state index is 0.0609. The molecule has 0 amide bonds. The highest BCUT2D eigenvalue weighted by molar-refractivity contribution is 7.80. The molecule has 0 spiro atoms. The van der Waals surface area contributed by atoms with Crippen molar-refractivity contribution < 1.29 is 28.2 Å². The third-order valence-electron chi connectivity index (χ3n) is 5.31. The zero-order chi connectivity index (χ0) is 23.7. The summed E-state index contributed by atoms with van der Waals surface area (Å²) >= 11 is 4.22. The Morgan fingerprint density at radius 3 is 1.75 bits per heavy atom. The largest absolute Gasteiger partial charge is 0.462 e. The van der Waals surface area contributed by atoms with E-state index >= 15 is 0 Å². The van der Waals surface area contributed by atoms with E-state index in [1.54, 1.807) is 0 Å². The second-order valence-corrected chi connectivity index (χ2v) is 9.19. The first-order valence-electron chi connectivity index (χ1n) is 12.5. The Bertz CT molecular complexity index is 464. The summed E-state index contributed by atoms with van der Waals surface area (Å²) in [4.78, 5) is 24.0. The summed E-state index contributed by atoms with van der Waals surface area (Å²) in [6.45, 7) is 2.04. The van der Waals surface area contributed by atoms with Crippen LogP contribution < -0.4 is 0 Å². The van der Waals surface area contributed by atoms with Gasteiger partial charge >= 0.3 is 20.6 Å². The number of ether oxygens (including phenoxy) is 2. The Morgan fingerprint density at radius 1 is 0.719 bits per heavy atom. The summed E-state index contributed by atoms with van der Waals surface area (Å²) in [6.07, 6.45) is 16.9. The van der Waals surface area contributed by atoms with Gasteiger partial charge in [-0.15, -0.1) is 0 Å². The number of unbranched alkanes of at least 4 members (excludes halogenated alkanes) is 13. The molecule has 0 aliphatic heterocycles. The van der Waals surface area contributed by atoms with Crippen molar-refractivity contribution in [2.45, 2.75) is 122 Å². The molecule has 0 bridgehead atoms. The average molecular weight is 493 g/mol. The molecule has 0 saturated carbocycles. The maximum absolute atomic E-state index is 12.0. The lowest BCUT2D eigenvalue weighted by atomic mass is 10.1. The fourth-order valence-corrected chi connectivity index (χ4v) is 3.85. The van der Waals surface area contributed by atoms with E-state index in [9.17, 15) is 14.2 Å². The minimum Gasteiger partial charge on any atom is -0.462 e. The number of rotatable bonds is 24. The number of esters is 2. The molecule has 0 N–H and O–H groups in total. The predicted octanol–water partition coefficient (Wildman–Crippen LogP) is 7.25. The van der Waals surface area contributed by atoms with Crippen molar-refractivity contribution in [3.8, 4) is 0 Å². The van der Waals surface area contributed by atoms with Crippen molar-refractivity contribution in [1.82, 2.24) is 0 Å². The first-order chi connectivity index (χ1) is 15.6. The smallest absolute Gasteiger partial charge is 0.327 e. The molecule has 0 aromatic carbocycles. The van der Waals surface area contributed by atoms with Gasteiger partial charge in [0.25, 0.3) is 0 Å². The molecule has 0 aliphatic rings. The van der Waals surface area contributed by atoms with Crippen molar-refractivity contribution >= 4 is 33.3 Å². The average Bonchev–Trinajstić information content (AvgIpc) is 2.79. The highest BCUT2D eigenvalue weighted by Crippen LogP contribution is 2.12. The fraction of sp³-hybridized carbons (Fsp3) is 0.917. The van der Waals surface area contributed by atoms with Crippen LogP contribution >= 0.6 is 21.3 Å². The van der Waals surface area contributed by atoms with Crippen LogP contribution in [0.25, 0.3) is 0 Å². The van der Waals surface area contributed by atoms with Gasteiger partial charge in [0.15, 0.2) is 6.10 Å². The lowest BCUT2D eigenvalue weighted by Gasteiger charge is -2.16. The van der Waals surface area contributed by atoms with Crippen LogP contribution in [0.1, 0.15) is 116 Å². The van der Waals surface area contributed by atoms with E-state index < -0.39 is 14.8 Å². The summed E-state index contributed by atoms with van der Waals surface area (Å²) < 4.78 is 26.0. The normalized spacial score (nSPS) is 12.1. The van der Waals surface area contributed by atoms with Crippen LogP contribution in [-0.2, 0) is 28.2 Å². The Hall–Kier alpha value is -0.650. The van der Waals surface area contributed by atoms with E-state index in [4.69, 9.17) is 14.0 Å². The second-order valence-electron chi connectivity index (χ2n) is 8.34. The molecule has 0 aromatic heterocycles. The number of carbonyl (C=O) groups excluding carboxylic acids is 2. The third-order valence-corrected chi connectivity index (χ3v) is 5.89. The van der Waals surface area contributed by atoms with Gasteiger partial charge in [-0.2, -0.15) is 12.6 Å². The lowest BCUT2D eigenvalue weighted by Crippen LogP contribution is -2.28. The van der Waals surface area contributed by atoms with Crippen molar-refractivity contribution in [2.24, 2.45) is 0 Å². The molecule has 0 heterocycles. The van der Waals surface area contributed by atoms with Gasteiger partial charge in [-0.25, -0.2) is 4.57 Å². The Balaban J connectivity index is 3.85. The molecule has 0 radical (unpaired) electrons. The maximum Gasteiger partial charge on any atom is 0.327 e. The number of thiol groups is 1. The van der Waals surface area contributed by atoms with Crippen LogP contribution in [0.3, 0.4) is 0 Å². The standard InChI is InChI=1S/C24H45O6PS/c1-2-3-4-5-11-15-18-24(26)30-22(21-29-31-27)20-28-23(25)17-14-12-9-7-6-8-10-13-16-19-32/h22,32H,2-21H2,1H3/t22-/m0/s1. The Kier molecular flexibility index (Phi) is 24.5. The molecule has 32 heavy (non-hydrogen) atoms. The zero-order valence-corrected chi connectivity index (χ0v) is 21.9. The third kappa shape index (κ3) is 22.5. The van der Waals surface area contributed by atoms with Crippen molar-refractivity contribution in [1.29, 1.82) is 0 Å². The highest BCUT2D eigenvalue weighted by Gasteiger charge is 2.17. The van der Waals surface area contributed by atoms with Gasteiger partial charge in [0.05, 0.1) is 0 Å². The monoisotopic (exact) mass is 492 g/mol. The predicted molar refractivity (Wildman–Crippen MR) is 132 cm³/mol. The zero-order valence-electron chi connectivity index (χ0n) is 20.1. The Labute approximate surface area is 202 Å². The summed E-state index contributed by atoms with van der Waals surface area (Å²) in [5, 5.41) is 0. The molecule has 0 unspecified atom stereocenters. The molecule has 0 saturated heterocycles. The van der Waals surface area contributed by atoms with Gasteiger partial charge in [-0.1, -0.05) is 84.0 Å². The SMILES string of the molecule is CCCCCCCCC(=O)O[C@H](COP=O)COC(=O)CCCCCCCCCCCS. The summed E-state index contributed by atoms with van der Waals surface area (Å²) in [6, 6.07) is 0. The van der Waals surface area contributed by atoms with Crippen LogP contribution in [0, 0.1) is 0 Å². The van der Waals surface area contributed by atoms with Gasteiger partial charge < -0.3 is 9.47 Å². The molecule has 6 nitrogen and oxygen atoms in total. The van der Waals surface area contributed by atoms with Crippen LogP contribution in [0.5, 0.6) is 0 Å². The van der Waals surface area contributed by atoms with Crippen molar-refractivity contribution in [3.63, 3.8) is 0 Å². The minimum atomic E-state index is -0.726. The van der Waals surface area contributed by atoms with Crippen molar-refractivity contribution in [3.05, 3.63) is 0 Å². The van der Waals surface area contributed by atoms with Gasteiger partial charge in [0, 0.05) is 12.8 Å². The van der Waals surface area contributed by atoms with Gasteiger partial charge in [0.1, 0.15) is 13.2 Å². The van der Waals surface area contributed by atoms with E-state index in [1.165, 1.54) is 57.8 Å². The van der Waals surface area contributed by atoms with Crippen molar-refractivity contribution in [2.75, 3.05) is 19.0 Å². The first kappa shape index (κ1) is 31.4. The topological polar surface area (TPSA) is 78.9 Å². The maximum atomic E-state index is 12.0. The number of carbonyl (C=O) groups is 2. The summed E-state index contributed by atoms with van der Waals surface area (Å²) in [7, 11) is -0.488. The lowest BCUT2D eigenvalue weighted by molar-refractivity contribution is -0.160. The van der Waals surface area contributed by atoms with E-state index in [0.717, 1.165) is 44.3 Å². The molecule has 0 aliphatic carbocycles. The van der Waals surface area contributed by atoms with Crippen LogP contribution in [-0.4, -0.2) is 37.0 Å². The molecule has 0 aromatic rings. The summed E-state index contributed by atoms with van der Waals surface area (Å²) in [5.74, 6) is 0.343. The molecule has 188 valence electrons. The van der Waals surface area contributed by atoms with E-state index in [1.807, 2.05) is 0 Å². The van der Waals surface area contributed by atoms with Crippen LogP contribution in [0.2, 0.25) is 0 Å². The molecule has 0 rings (SSSR count). The molecule has 0 fully saturated rings. The first-order valence-corrected chi connectivity index (χ1v) is 13.9. The summed E-state index contributed by atoms with van der Waals surface area (Å²) in [5.41, 5.74) is 0. The Morgan fingerprint density at radius 2 is 1.22 bits per heavy atom. The number of hydrogen-bond acceptors (Lipinski definition) is 7. The van der Waals surface area contributed by atoms with E-state index in [-0.39, 0.29) is 25.2 Å². The fourth-order valence-electron chi connectivity index (χ4n) is 3.40. The second kappa shape index (κ2) is 25.0. The van der Waals surface area contributed by atoms with E-state index in [2.05, 4.69) is 19.6 Å². The van der Waals surface area contributed by atoms with Crippen LogP contribution in [0.15, 0.2) is 0 Å². The van der Waals surface area contributed by atoms with Gasteiger partial charge in [-0.05, 0) is 25.0 Å². The van der Waals surface area contributed by atoms with E-state index in [0.29, 0.717) is 12.8 Å². The quantitative estimate of drug-likeness (QED) is 0.0662. The highest BCUT2D eigenvalue weighted by atomic mass is 32.1. The molecular weight excluding hydrogens is 447 g/mol. The molecule has 1 atom stereocenters. The number of hydrogen-bond donors (Lipinski definition) is 1. The molecular formula is C24H45O6PS.